The summed E-state index contributed by atoms with van der Waals surface area (Å²) in [5.74, 6) is 0.101. The van der Waals surface area contributed by atoms with Gasteiger partial charge in [-0.05, 0) is 12.1 Å². The van der Waals surface area contributed by atoms with Gasteiger partial charge in [0.1, 0.15) is 0 Å². The Kier molecular flexibility index (Phi) is 3.86. The van der Waals surface area contributed by atoms with Crippen LogP contribution in [0.15, 0.2) is 18.2 Å². The van der Waals surface area contributed by atoms with Crippen molar-refractivity contribution in [3.63, 3.8) is 0 Å². The van der Waals surface area contributed by atoms with Crippen molar-refractivity contribution < 1.29 is 4.79 Å². The molecule has 1 aromatic carbocycles. The quantitative estimate of drug-likeness (QED) is 0.831. The zero-order valence-corrected chi connectivity index (χ0v) is 10.3. The highest BCUT2D eigenvalue weighted by Crippen LogP contribution is 2.27. The monoisotopic (exact) mass is 253 g/mol. The molecule has 1 fully saturated rings. The second-order valence-corrected chi connectivity index (χ2v) is 4.44. The molecular formula is C12H16ClN3O. The lowest BCUT2D eigenvalue weighted by atomic mass is 10.1. The molecule has 3 N–H and O–H groups in total. The number of carbonyl (C=O) groups excluding carboxylic acids is 1. The Hall–Kier alpha value is -1.26. The lowest BCUT2D eigenvalue weighted by Crippen LogP contribution is -2.29. The lowest BCUT2D eigenvalue weighted by molar-refractivity contribution is -0.120. The molecule has 92 valence electrons. The number of halogens is 1. The molecule has 0 unspecified atom stereocenters. The highest BCUT2D eigenvalue weighted by atomic mass is 35.5. The second kappa shape index (κ2) is 5.38. The van der Waals surface area contributed by atoms with Crippen molar-refractivity contribution >= 4 is 23.2 Å². The number of hydrogen-bond acceptors (Lipinski definition) is 3. The number of hydrogen-bond donors (Lipinski definition) is 2. The Morgan fingerprint density at radius 3 is 3.00 bits per heavy atom. The fourth-order valence-electron chi connectivity index (χ4n) is 2.05. The van der Waals surface area contributed by atoms with Crippen LogP contribution in [0.5, 0.6) is 0 Å². The van der Waals surface area contributed by atoms with Crippen LogP contribution in [-0.2, 0) is 11.3 Å². The van der Waals surface area contributed by atoms with Crippen LogP contribution in [0.25, 0.3) is 0 Å². The molecule has 1 aliphatic rings. The zero-order valence-electron chi connectivity index (χ0n) is 9.58. The van der Waals surface area contributed by atoms with Crippen molar-refractivity contribution in [2.45, 2.75) is 13.0 Å². The lowest BCUT2D eigenvalue weighted by Gasteiger charge is -2.25. The van der Waals surface area contributed by atoms with Gasteiger partial charge in [0.25, 0.3) is 0 Å². The SMILES string of the molecule is NCc1c(Cl)cccc1N1CCNC(=O)CC1. The third-order valence-corrected chi connectivity index (χ3v) is 3.31. The van der Waals surface area contributed by atoms with Crippen LogP contribution in [0.2, 0.25) is 5.02 Å². The summed E-state index contributed by atoms with van der Waals surface area (Å²) in [7, 11) is 0. The molecule has 1 heterocycles. The van der Waals surface area contributed by atoms with Crippen molar-refractivity contribution in [2.75, 3.05) is 24.5 Å². The summed E-state index contributed by atoms with van der Waals surface area (Å²) in [6.45, 7) is 2.57. The largest absolute Gasteiger partial charge is 0.369 e. The smallest absolute Gasteiger partial charge is 0.221 e. The Bertz CT molecular complexity index is 422. The van der Waals surface area contributed by atoms with Crippen LogP contribution in [0, 0.1) is 0 Å². The van der Waals surface area contributed by atoms with E-state index in [1.807, 2.05) is 18.2 Å². The number of nitrogens with two attached hydrogens (primary N) is 1. The number of amides is 1. The average Bonchev–Trinajstić information content (AvgIpc) is 2.54. The van der Waals surface area contributed by atoms with E-state index in [-0.39, 0.29) is 5.91 Å². The predicted molar refractivity (Wildman–Crippen MR) is 69.2 cm³/mol. The Morgan fingerprint density at radius 1 is 1.41 bits per heavy atom. The van der Waals surface area contributed by atoms with Gasteiger partial charge in [-0.25, -0.2) is 0 Å². The maximum absolute atomic E-state index is 11.3. The molecule has 1 aromatic rings. The highest BCUT2D eigenvalue weighted by molar-refractivity contribution is 6.31. The van der Waals surface area contributed by atoms with E-state index in [0.717, 1.165) is 17.8 Å². The Balaban J connectivity index is 2.26. The van der Waals surface area contributed by atoms with E-state index in [0.29, 0.717) is 31.1 Å². The third kappa shape index (κ3) is 2.70. The fraction of sp³-hybridized carbons (Fsp3) is 0.417. The van der Waals surface area contributed by atoms with Crippen LogP contribution >= 0.6 is 11.6 Å². The number of nitrogens with zero attached hydrogens (tertiary/aromatic N) is 1. The van der Waals surface area contributed by atoms with Crippen LogP contribution < -0.4 is 16.0 Å². The maximum atomic E-state index is 11.3. The molecule has 0 saturated carbocycles. The molecule has 1 amide bonds. The summed E-state index contributed by atoms with van der Waals surface area (Å²) in [4.78, 5) is 13.5. The summed E-state index contributed by atoms with van der Waals surface area (Å²) >= 11 is 6.13. The molecular weight excluding hydrogens is 238 g/mol. The fourth-order valence-corrected chi connectivity index (χ4v) is 2.30. The van der Waals surface area contributed by atoms with Crippen molar-refractivity contribution in [1.29, 1.82) is 0 Å². The summed E-state index contributed by atoms with van der Waals surface area (Å²) < 4.78 is 0. The van der Waals surface area contributed by atoms with Crippen molar-refractivity contribution in [2.24, 2.45) is 5.73 Å². The first kappa shape index (κ1) is 12.2. The van der Waals surface area contributed by atoms with Crippen LogP contribution in [0.1, 0.15) is 12.0 Å². The molecule has 0 atom stereocenters. The van der Waals surface area contributed by atoms with E-state index in [2.05, 4.69) is 10.2 Å². The van der Waals surface area contributed by atoms with Gasteiger partial charge in [0.2, 0.25) is 5.91 Å². The van der Waals surface area contributed by atoms with E-state index in [1.54, 1.807) is 0 Å². The van der Waals surface area contributed by atoms with E-state index in [9.17, 15) is 4.79 Å². The molecule has 4 nitrogen and oxygen atoms in total. The van der Waals surface area contributed by atoms with Gasteiger partial charge in [-0.1, -0.05) is 17.7 Å². The predicted octanol–water partition coefficient (Wildman–Crippen LogP) is 1.12. The third-order valence-electron chi connectivity index (χ3n) is 2.95. The minimum atomic E-state index is 0.101. The van der Waals surface area contributed by atoms with Gasteiger partial charge in [0.15, 0.2) is 0 Å². The van der Waals surface area contributed by atoms with Crippen LogP contribution in [0.3, 0.4) is 0 Å². The van der Waals surface area contributed by atoms with Crippen LogP contribution in [-0.4, -0.2) is 25.5 Å². The highest BCUT2D eigenvalue weighted by Gasteiger charge is 2.16. The van der Waals surface area contributed by atoms with E-state index >= 15 is 0 Å². The van der Waals surface area contributed by atoms with Gasteiger partial charge in [0, 0.05) is 48.9 Å². The summed E-state index contributed by atoms with van der Waals surface area (Å²) in [6.07, 6.45) is 0.510. The molecule has 0 aliphatic carbocycles. The number of nitrogens with one attached hydrogen (secondary N) is 1. The van der Waals surface area contributed by atoms with Crippen molar-refractivity contribution in [3.8, 4) is 0 Å². The van der Waals surface area contributed by atoms with Crippen molar-refractivity contribution in [3.05, 3.63) is 28.8 Å². The normalized spacial score (nSPS) is 16.6. The summed E-state index contributed by atoms with van der Waals surface area (Å²) in [5, 5.41) is 3.54. The first-order valence-corrected chi connectivity index (χ1v) is 6.09. The molecule has 0 bridgehead atoms. The average molecular weight is 254 g/mol. The molecule has 2 rings (SSSR count). The molecule has 0 radical (unpaired) electrons. The van der Waals surface area contributed by atoms with Gasteiger partial charge in [-0.2, -0.15) is 0 Å². The topological polar surface area (TPSA) is 58.4 Å². The number of rotatable bonds is 2. The minimum absolute atomic E-state index is 0.101. The van der Waals surface area contributed by atoms with Gasteiger partial charge >= 0.3 is 0 Å². The number of benzene rings is 1. The van der Waals surface area contributed by atoms with Gasteiger partial charge in [0.05, 0.1) is 0 Å². The number of carbonyl (C=O) groups is 1. The molecule has 5 heteroatoms. The summed E-state index contributed by atoms with van der Waals surface area (Å²) in [6, 6.07) is 5.76. The number of anilines is 1. The summed E-state index contributed by atoms with van der Waals surface area (Å²) in [5.41, 5.74) is 7.72. The molecule has 1 aliphatic heterocycles. The van der Waals surface area contributed by atoms with Gasteiger partial charge in [-0.15, -0.1) is 0 Å². The standard InChI is InChI=1S/C12H16ClN3O/c13-10-2-1-3-11(9(10)8-14)16-6-4-12(17)15-5-7-16/h1-3H,4-8,14H2,(H,15,17). The minimum Gasteiger partial charge on any atom is -0.369 e. The van der Waals surface area contributed by atoms with E-state index in [4.69, 9.17) is 17.3 Å². The van der Waals surface area contributed by atoms with E-state index in [1.165, 1.54) is 0 Å². The maximum Gasteiger partial charge on any atom is 0.221 e. The molecule has 0 spiro atoms. The first-order chi connectivity index (χ1) is 8.22. The first-order valence-electron chi connectivity index (χ1n) is 5.71. The van der Waals surface area contributed by atoms with Crippen LogP contribution in [0.4, 0.5) is 5.69 Å². The molecule has 0 aromatic heterocycles. The zero-order chi connectivity index (χ0) is 12.3. The molecule has 17 heavy (non-hydrogen) atoms. The van der Waals surface area contributed by atoms with E-state index < -0.39 is 0 Å². The Labute approximate surface area is 106 Å². The molecule has 1 saturated heterocycles. The second-order valence-electron chi connectivity index (χ2n) is 4.03. The van der Waals surface area contributed by atoms with Gasteiger partial charge < -0.3 is 16.0 Å². The van der Waals surface area contributed by atoms with Crippen molar-refractivity contribution in [1.82, 2.24) is 5.32 Å². The Morgan fingerprint density at radius 2 is 2.24 bits per heavy atom. The van der Waals surface area contributed by atoms with Gasteiger partial charge in [-0.3, -0.25) is 4.79 Å².